The molecule has 0 radical (unpaired) electrons. The second-order valence-electron chi connectivity index (χ2n) is 15.2. The van der Waals surface area contributed by atoms with E-state index in [4.69, 9.17) is 0 Å². The predicted octanol–water partition coefficient (Wildman–Crippen LogP) is 5.83. The molecule has 1 heterocycles. The van der Waals surface area contributed by atoms with Crippen LogP contribution in [0.4, 0.5) is 17.1 Å². The minimum Gasteiger partial charge on any atom is -0.353 e. The molecule has 1 saturated heterocycles. The lowest BCUT2D eigenvalue weighted by Crippen LogP contribution is -2.62. The molecule has 0 atom stereocenters. The highest BCUT2D eigenvalue weighted by molar-refractivity contribution is 7.92. The standard InChI is InChI=1S/C37H59N7O7S2/c1-6-7-8-9-10-11-12-13-14-15-19-33(45)43-53(50,51)42-30-17-16-18-32(24-30)52(48,49)41-29-22-20-28(21-23-29)39-40-35(47)25-34(46)38-31-26-36(2,3)44-37(4,5)27-31/h16-18,20-24,31,39,41-42,44H,6-15,19,25-27H2,1-5H3,(H,38,46)(H,40,47)(H,43,45). The van der Waals surface area contributed by atoms with Crippen LogP contribution in [-0.2, 0) is 34.6 Å². The third-order valence-corrected chi connectivity index (χ3v) is 11.1. The zero-order chi connectivity index (χ0) is 39.1. The van der Waals surface area contributed by atoms with Gasteiger partial charge in [-0.2, -0.15) is 8.42 Å². The van der Waals surface area contributed by atoms with Crippen LogP contribution < -0.4 is 35.7 Å². The Morgan fingerprint density at radius 1 is 0.698 bits per heavy atom. The molecule has 16 heteroatoms. The van der Waals surface area contributed by atoms with E-state index in [0.29, 0.717) is 12.1 Å². The molecule has 1 aliphatic heterocycles. The van der Waals surface area contributed by atoms with Crippen molar-refractivity contribution in [1.29, 1.82) is 0 Å². The van der Waals surface area contributed by atoms with Gasteiger partial charge in [0.1, 0.15) is 6.42 Å². The summed E-state index contributed by atoms with van der Waals surface area (Å²) in [6.07, 6.45) is 12.1. The summed E-state index contributed by atoms with van der Waals surface area (Å²) in [6, 6.07) is 11.1. The number of hydrogen-bond donors (Lipinski definition) is 7. The Labute approximate surface area is 316 Å². The number of hydrogen-bond acceptors (Lipinski definition) is 9. The second kappa shape index (κ2) is 20.0. The lowest BCUT2D eigenvalue weighted by molar-refractivity contribution is -0.129. The highest BCUT2D eigenvalue weighted by Crippen LogP contribution is 2.28. The van der Waals surface area contributed by atoms with Crippen molar-refractivity contribution in [2.24, 2.45) is 0 Å². The van der Waals surface area contributed by atoms with Gasteiger partial charge in [0.2, 0.25) is 17.7 Å². The lowest BCUT2D eigenvalue weighted by Gasteiger charge is -2.46. The molecule has 53 heavy (non-hydrogen) atoms. The predicted molar refractivity (Wildman–Crippen MR) is 210 cm³/mol. The van der Waals surface area contributed by atoms with Crippen LogP contribution in [0.1, 0.15) is 125 Å². The van der Waals surface area contributed by atoms with Gasteiger partial charge in [0.05, 0.1) is 16.3 Å². The number of nitrogens with one attached hydrogen (secondary N) is 7. The fraction of sp³-hybridized carbons (Fsp3) is 0.595. The van der Waals surface area contributed by atoms with E-state index in [0.717, 1.165) is 38.2 Å². The van der Waals surface area contributed by atoms with E-state index in [2.05, 4.69) is 65.5 Å². The summed E-state index contributed by atoms with van der Waals surface area (Å²) in [6.45, 7) is 10.5. The number of piperidine rings is 1. The Bertz CT molecular complexity index is 1720. The van der Waals surface area contributed by atoms with Crippen LogP contribution in [0.15, 0.2) is 53.4 Å². The zero-order valence-electron chi connectivity index (χ0n) is 31.8. The van der Waals surface area contributed by atoms with Crippen molar-refractivity contribution >= 4 is 55.0 Å². The van der Waals surface area contributed by atoms with Gasteiger partial charge in [0.25, 0.3) is 10.0 Å². The highest BCUT2D eigenvalue weighted by atomic mass is 32.2. The first-order chi connectivity index (χ1) is 24.9. The number of benzene rings is 2. The molecule has 0 saturated carbocycles. The topological polar surface area (TPSA) is 204 Å². The molecule has 0 unspecified atom stereocenters. The number of hydrazine groups is 1. The molecule has 7 N–H and O–H groups in total. The SMILES string of the molecule is CCCCCCCCCCCCC(=O)NS(=O)(=O)Nc1cccc(S(=O)(=O)Nc2ccc(NNC(=O)CC(=O)NC3CC(C)(C)NC(C)(C)C3)cc2)c1. The van der Waals surface area contributed by atoms with Crippen molar-refractivity contribution in [2.45, 2.75) is 147 Å². The molecule has 1 fully saturated rings. The van der Waals surface area contributed by atoms with E-state index in [9.17, 15) is 31.2 Å². The molecule has 0 aliphatic carbocycles. The fourth-order valence-corrected chi connectivity index (χ4v) is 8.75. The third kappa shape index (κ3) is 16.8. The zero-order valence-corrected chi connectivity index (χ0v) is 33.4. The van der Waals surface area contributed by atoms with Gasteiger partial charge < -0.3 is 10.6 Å². The van der Waals surface area contributed by atoms with E-state index in [1.807, 2.05) is 4.72 Å². The molecular formula is C37H59N7O7S2. The quantitative estimate of drug-likeness (QED) is 0.0436. The Morgan fingerprint density at radius 2 is 1.26 bits per heavy atom. The maximum atomic E-state index is 13.1. The molecule has 3 rings (SSSR count). The minimum absolute atomic E-state index is 0.0421. The largest absolute Gasteiger partial charge is 0.353 e. The summed E-state index contributed by atoms with van der Waals surface area (Å²) in [5.41, 5.74) is 5.48. The number of anilines is 3. The van der Waals surface area contributed by atoms with Crippen molar-refractivity contribution in [3.63, 3.8) is 0 Å². The summed E-state index contributed by atoms with van der Waals surface area (Å²) < 4.78 is 58.0. The molecule has 0 aromatic heterocycles. The van der Waals surface area contributed by atoms with Crippen LogP contribution in [0, 0.1) is 0 Å². The molecule has 296 valence electrons. The number of carbonyl (C=O) groups excluding carboxylic acids is 3. The molecule has 14 nitrogen and oxygen atoms in total. The van der Waals surface area contributed by atoms with E-state index < -0.39 is 32.0 Å². The number of carbonyl (C=O) groups is 3. The fourth-order valence-electron chi connectivity index (χ4n) is 6.75. The third-order valence-electron chi connectivity index (χ3n) is 8.76. The lowest BCUT2D eigenvalue weighted by atomic mass is 9.79. The van der Waals surface area contributed by atoms with Gasteiger partial charge in [-0.3, -0.25) is 34.7 Å². The smallest absolute Gasteiger partial charge is 0.323 e. The molecule has 3 amide bonds. The van der Waals surface area contributed by atoms with Gasteiger partial charge in [-0.1, -0.05) is 70.8 Å². The Balaban J connectivity index is 1.42. The van der Waals surface area contributed by atoms with Crippen molar-refractivity contribution in [3.05, 3.63) is 48.5 Å². The maximum absolute atomic E-state index is 13.1. The number of sulfonamides is 1. The summed E-state index contributed by atoms with van der Waals surface area (Å²) in [5, 5.41) is 6.51. The second-order valence-corrected chi connectivity index (χ2v) is 18.3. The molecule has 0 spiro atoms. The molecule has 0 bridgehead atoms. The van der Waals surface area contributed by atoms with Crippen LogP contribution in [0.3, 0.4) is 0 Å². The Kier molecular flexibility index (Phi) is 16.4. The Morgan fingerprint density at radius 3 is 1.87 bits per heavy atom. The van der Waals surface area contributed by atoms with Gasteiger partial charge in [0.15, 0.2) is 0 Å². The van der Waals surface area contributed by atoms with E-state index >= 15 is 0 Å². The van der Waals surface area contributed by atoms with Crippen molar-refractivity contribution in [1.82, 2.24) is 20.8 Å². The van der Waals surface area contributed by atoms with Crippen molar-refractivity contribution in [2.75, 3.05) is 14.9 Å². The van der Waals surface area contributed by atoms with Crippen LogP contribution in [0.2, 0.25) is 0 Å². The van der Waals surface area contributed by atoms with Gasteiger partial charge in [-0.15, -0.1) is 0 Å². The summed E-state index contributed by atoms with van der Waals surface area (Å²) in [4.78, 5) is 37.0. The average Bonchev–Trinajstić information content (AvgIpc) is 3.03. The maximum Gasteiger partial charge on any atom is 0.323 e. The van der Waals surface area contributed by atoms with E-state index in [1.165, 1.54) is 81.0 Å². The van der Waals surface area contributed by atoms with E-state index in [-0.39, 0.29) is 52.1 Å². The van der Waals surface area contributed by atoms with Crippen LogP contribution in [0.25, 0.3) is 0 Å². The number of amides is 3. The van der Waals surface area contributed by atoms with Crippen LogP contribution in [0.5, 0.6) is 0 Å². The first-order valence-electron chi connectivity index (χ1n) is 18.6. The first kappa shape index (κ1) is 43.5. The molecular weight excluding hydrogens is 719 g/mol. The normalized spacial score (nSPS) is 15.6. The highest BCUT2D eigenvalue weighted by Gasteiger charge is 2.38. The van der Waals surface area contributed by atoms with Crippen molar-refractivity contribution < 1.29 is 31.2 Å². The van der Waals surface area contributed by atoms with Crippen molar-refractivity contribution in [3.8, 4) is 0 Å². The van der Waals surface area contributed by atoms with Gasteiger partial charge in [-0.25, -0.2) is 13.1 Å². The summed E-state index contributed by atoms with van der Waals surface area (Å²) >= 11 is 0. The van der Waals surface area contributed by atoms with Gasteiger partial charge in [0, 0.05) is 29.2 Å². The van der Waals surface area contributed by atoms with Crippen LogP contribution in [-0.4, -0.2) is 51.7 Å². The summed E-state index contributed by atoms with van der Waals surface area (Å²) in [5.74, 6) is -1.55. The van der Waals surface area contributed by atoms with Gasteiger partial charge >= 0.3 is 10.2 Å². The molecule has 2 aromatic rings. The molecule has 2 aromatic carbocycles. The first-order valence-corrected chi connectivity index (χ1v) is 21.5. The number of rotatable bonds is 22. The average molecular weight is 778 g/mol. The van der Waals surface area contributed by atoms with Gasteiger partial charge in [-0.05, 0) is 89.4 Å². The number of unbranched alkanes of at least 4 members (excludes halogenated alkanes) is 9. The summed E-state index contributed by atoms with van der Waals surface area (Å²) in [7, 11) is -8.41. The monoisotopic (exact) mass is 777 g/mol. The molecule has 1 aliphatic rings. The van der Waals surface area contributed by atoms with E-state index in [1.54, 1.807) is 0 Å². The minimum atomic E-state index is -4.28. The Hall–Kier alpha value is -3.89. The van der Waals surface area contributed by atoms with Crippen LogP contribution >= 0.6 is 0 Å².